The molecule has 0 unspecified atom stereocenters. The number of hydrogen-bond donors (Lipinski definition) is 4. The summed E-state index contributed by atoms with van der Waals surface area (Å²) < 4.78 is 0.885. The Morgan fingerprint density at radius 2 is 2.20 bits per heavy atom. The lowest BCUT2D eigenvalue weighted by Crippen LogP contribution is -2.42. The summed E-state index contributed by atoms with van der Waals surface area (Å²) in [4.78, 5) is 0. The molecule has 15 heavy (non-hydrogen) atoms. The molecule has 1 aliphatic heterocycles. The van der Waals surface area contributed by atoms with Gasteiger partial charge in [0.15, 0.2) is 0 Å². The molecule has 5 heteroatoms. The van der Waals surface area contributed by atoms with Crippen LogP contribution in [0.5, 0.6) is 5.75 Å². The van der Waals surface area contributed by atoms with E-state index in [0.717, 1.165) is 29.7 Å². The van der Waals surface area contributed by atoms with E-state index in [2.05, 4.69) is 26.6 Å². The smallest absolute Gasteiger partial charge is 0.144 e. The number of anilines is 1. The number of rotatable bonds is 1. The van der Waals surface area contributed by atoms with E-state index in [4.69, 9.17) is 5.73 Å². The number of piperazine rings is 1. The molecule has 0 saturated carbocycles. The Bertz CT molecular complexity index is 364. The van der Waals surface area contributed by atoms with Crippen molar-refractivity contribution in [3.05, 3.63) is 22.2 Å². The minimum atomic E-state index is 0.108. The first kappa shape index (κ1) is 10.7. The minimum Gasteiger partial charge on any atom is -0.505 e. The van der Waals surface area contributed by atoms with Gasteiger partial charge in [0.1, 0.15) is 5.75 Å². The molecule has 1 atom stereocenters. The molecule has 2 rings (SSSR count). The van der Waals surface area contributed by atoms with Crippen LogP contribution >= 0.6 is 15.9 Å². The number of aromatic hydroxyl groups is 1. The van der Waals surface area contributed by atoms with Crippen molar-refractivity contribution in [2.45, 2.75) is 6.04 Å². The largest absolute Gasteiger partial charge is 0.505 e. The lowest BCUT2D eigenvalue weighted by atomic mass is 10.0. The van der Waals surface area contributed by atoms with Gasteiger partial charge in [-0.3, -0.25) is 0 Å². The van der Waals surface area contributed by atoms with Gasteiger partial charge in [0, 0.05) is 35.7 Å². The Morgan fingerprint density at radius 1 is 1.40 bits per heavy atom. The number of phenols is 1. The lowest BCUT2D eigenvalue weighted by molar-refractivity contribution is 0.404. The fourth-order valence-electron chi connectivity index (χ4n) is 1.79. The average Bonchev–Trinajstić information content (AvgIpc) is 2.26. The highest BCUT2D eigenvalue weighted by Gasteiger charge is 2.21. The third-order valence-corrected chi connectivity index (χ3v) is 3.28. The molecule has 0 amide bonds. The molecule has 0 aliphatic carbocycles. The van der Waals surface area contributed by atoms with Crippen molar-refractivity contribution in [1.29, 1.82) is 0 Å². The normalized spacial score (nSPS) is 21.5. The van der Waals surface area contributed by atoms with Crippen molar-refractivity contribution >= 4 is 21.6 Å². The molecule has 1 saturated heterocycles. The van der Waals surface area contributed by atoms with Gasteiger partial charge in [-0.05, 0) is 12.1 Å². The average molecular weight is 272 g/mol. The predicted molar refractivity (Wildman–Crippen MR) is 63.8 cm³/mol. The molecular formula is C10H14BrN3O. The second kappa shape index (κ2) is 4.38. The van der Waals surface area contributed by atoms with Gasteiger partial charge < -0.3 is 21.5 Å². The fraction of sp³-hybridized carbons (Fsp3) is 0.400. The summed E-state index contributed by atoms with van der Waals surface area (Å²) in [5.74, 6) is 0.172. The first-order valence-corrected chi connectivity index (χ1v) is 5.70. The van der Waals surface area contributed by atoms with E-state index >= 15 is 0 Å². The zero-order valence-corrected chi connectivity index (χ0v) is 9.84. The standard InChI is InChI=1S/C10H14BrN3O/c11-6-1-2-7(12)10(15)9(6)8-5-13-3-4-14-8/h1-2,8,13-15H,3-5,12H2/t8-/m1/s1. The van der Waals surface area contributed by atoms with Crippen LogP contribution in [0.3, 0.4) is 0 Å². The van der Waals surface area contributed by atoms with Crippen LogP contribution in [-0.2, 0) is 0 Å². The second-order valence-corrected chi connectivity index (χ2v) is 4.46. The molecule has 0 spiro atoms. The van der Waals surface area contributed by atoms with Crippen molar-refractivity contribution in [2.75, 3.05) is 25.4 Å². The Balaban J connectivity index is 2.36. The number of halogens is 1. The third kappa shape index (κ3) is 2.09. The monoisotopic (exact) mass is 271 g/mol. The van der Waals surface area contributed by atoms with E-state index in [1.807, 2.05) is 6.07 Å². The van der Waals surface area contributed by atoms with Crippen LogP contribution in [0.4, 0.5) is 5.69 Å². The summed E-state index contributed by atoms with van der Waals surface area (Å²) in [6.45, 7) is 2.65. The number of nitrogen functional groups attached to an aromatic ring is 1. The van der Waals surface area contributed by atoms with Gasteiger partial charge >= 0.3 is 0 Å². The van der Waals surface area contributed by atoms with E-state index in [1.54, 1.807) is 6.07 Å². The maximum absolute atomic E-state index is 9.91. The van der Waals surface area contributed by atoms with Crippen LogP contribution in [0.25, 0.3) is 0 Å². The van der Waals surface area contributed by atoms with E-state index < -0.39 is 0 Å². The van der Waals surface area contributed by atoms with E-state index in [-0.39, 0.29) is 11.8 Å². The molecule has 0 aromatic heterocycles. The highest BCUT2D eigenvalue weighted by molar-refractivity contribution is 9.10. The Kier molecular flexibility index (Phi) is 3.14. The molecule has 82 valence electrons. The van der Waals surface area contributed by atoms with Crippen molar-refractivity contribution < 1.29 is 5.11 Å². The minimum absolute atomic E-state index is 0.108. The number of hydrogen-bond acceptors (Lipinski definition) is 4. The summed E-state index contributed by atoms with van der Waals surface area (Å²) in [5, 5.41) is 16.5. The van der Waals surface area contributed by atoms with Gasteiger partial charge in [0.2, 0.25) is 0 Å². The molecule has 1 fully saturated rings. The van der Waals surface area contributed by atoms with E-state index in [9.17, 15) is 5.11 Å². The van der Waals surface area contributed by atoms with Crippen LogP contribution in [0.2, 0.25) is 0 Å². The van der Waals surface area contributed by atoms with Crippen LogP contribution < -0.4 is 16.4 Å². The van der Waals surface area contributed by atoms with Gasteiger partial charge in [-0.25, -0.2) is 0 Å². The first-order valence-electron chi connectivity index (χ1n) is 4.91. The Morgan fingerprint density at radius 3 is 2.87 bits per heavy atom. The maximum atomic E-state index is 9.91. The zero-order chi connectivity index (χ0) is 10.8. The molecule has 1 aliphatic rings. The van der Waals surface area contributed by atoms with Gasteiger partial charge in [-0.1, -0.05) is 15.9 Å². The van der Waals surface area contributed by atoms with Crippen LogP contribution in [0.15, 0.2) is 16.6 Å². The molecule has 5 N–H and O–H groups in total. The summed E-state index contributed by atoms with van der Waals surface area (Å²) in [6.07, 6.45) is 0. The SMILES string of the molecule is Nc1ccc(Br)c([C@H]2CNCCN2)c1O. The number of nitrogens with two attached hydrogens (primary N) is 1. The number of phenolic OH excluding ortho intramolecular Hbond substituents is 1. The number of nitrogens with one attached hydrogen (secondary N) is 2. The summed E-state index contributed by atoms with van der Waals surface area (Å²) >= 11 is 3.43. The molecule has 1 aromatic rings. The first-order chi connectivity index (χ1) is 7.20. The lowest BCUT2D eigenvalue weighted by Gasteiger charge is -2.26. The van der Waals surface area contributed by atoms with Gasteiger partial charge in [-0.15, -0.1) is 0 Å². The van der Waals surface area contributed by atoms with E-state index in [0.29, 0.717) is 5.69 Å². The highest BCUT2D eigenvalue weighted by Crippen LogP contribution is 2.36. The summed E-state index contributed by atoms with van der Waals surface area (Å²) in [7, 11) is 0. The van der Waals surface area contributed by atoms with Crippen molar-refractivity contribution in [1.82, 2.24) is 10.6 Å². The molecule has 1 heterocycles. The topological polar surface area (TPSA) is 70.3 Å². The molecular weight excluding hydrogens is 258 g/mol. The molecule has 0 radical (unpaired) electrons. The van der Waals surface area contributed by atoms with Gasteiger partial charge in [-0.2, -0.15) is 0 Å². The maximum Gasteiger partial charge on any atom is 0.144 e. The fourth-order valence-corrected chi connectivity index (χ4v) is 2.39. The Labute approximate surface area is 97.0 Å². The molecule has 4 nitrogen and oxygen atoms in total. The summed E-state index contributed by atoms with van der Waals surface area (Å²) in [6, 6.07) is 3.66. The second-order valence-electron chi connectivity index (χ2n) is 3.61. The van der Waals surface area contributed by atoms with Crippen molar-refractivity contribution in [2.24, 2.45) is 0 Å². The quantitative estimate of drug-likeness (QED) is 0.454. The Hall–Kier alpha value is -0.780. The zero-order valence-electron chi connectivity index (χ0n) is 8.26. The summed E-state index contributed by atoms with van der Waals surface area (Å²) in [5.41, 5.74) is 6.93. The van der Waals surface area contributed by atoms with Crippen molar-refractivity contribution in [3.8, 4) is 5.75 Å². The highest BCUT2D eigenvalue weighted by atomic mass is 79.9. The van der Waals surface area contributed by atoms with Crippen LogP contribution in [0, 0.1) is 0 Å². The van der Waals surface area contributed by atoms with Gasteiger partial charge in [0.25, 0.3) is 0 Å². The van der Waals surface area contributed by atoms with Crippen LogP contribution in [-0.4, -0.2) is 24.7 Å². The van der Waals surface area contributed by atoms with Crippen LogP contribution in [0.1, 0.15) is 11.6 Å². The molecule has 0 bridgehead atoms. The molecule has 1 aromatic carbocycles. The van der Waals surface area contributed by atoms with E-state index in [1.165, 1.54) is 0 Å². The van der Waals surface area contributed by atoms with Gasteiger partial charge in [0.05, 0.1) is 5.69 Å². The number of benzene rings is 1. The predicted octanol–water partition coefficient (Wildman–Crippen LogP) is 0.971. The van der Waals surface area contributed by atoms with Crippen molar-refractivity contribution in [3.63, 3.8) is 0 Å². The third-order valence-electron chi connectivity index (χ3n) is 2.58.